The topological polar surface area (TPSA) is 81.7 Å². The molecule has 0 aliphatic carbocycles. The van der Waals surface area contributed by atoms with E-state index in [1.165, 1.54) is 5.56 Å². The predicted octanol–water partition coefficient (Wildman–Crippen LogP) is 2.62. The van der Waals surface area contributed by atoms with E-state index < -0.39 is 10.9 Å². The van der Waals surface area contributed by atoms with Gasteiger partial charge in [-0.25, -0.2) is 0 Å². The van der Waals surface area contributed by atoms with Gasteiger partial charge in [0, 0.05) is 18.6 Å². The number of hydrogen-bond donors (Lipinski definition) is 3. The Morgan fingerprint density at radius 3 is 2.10 bits per heavy atom. The number of hydrogen-bond acceptors (Lipinski definition) is 6. The van der Waals surface area contributed by atoms with Crippen LogP contribution in [-0.4, -0.2) is 42.7 Å². The summed E-state index contributed by atoms with van der Waals surface area (Å²) in [7, 11) is 3.96. The lowest BCUT2D eigenvalue weighted by Crippen LogP contribution is -2.43. The molecular formula is C24H29N3O3. The lowest BCUT2D eigenvalue weighted by atomic mass is 10.0. The van der Waals surface area contributed by atoms with Crippen LogP contribution in [0.5, 0.6) is 5.75 Å². The zero-order valence-electron chi connectivity index (χ0n) is 17.7. The largest absolute Gasteiger partial charge is 0.508 e. The van der Waals surface area contributed by atoms with Crippen molar-refractivity contribution in [3.05, 3.63) is 86.2 Å². The van der Waals surface area contributed by atoms with Crippen LogP contribution in [0.3, 0.4) is 0 Å². The van der Waals surface area contributed by atoms with Crippen LogP contribution < -0.4 is 21.5 Å². The number of benzene rings is 2. The maximum Gasteiger partial charge on any atom is 0.253 e. The highest BCUT2D eigenvalue weighted by atomic mass is 16.3. The lowest BCUT2D eigenvalue weighted by Gasteiger charge is -2.26. The third-order valence-electron chi connectivity index (χ3n) is 5.34. The standard InChI is InChI=1S/C24H29N3O3/c1-16(13-17-7-5-4-6-8-17)26-22-21(23(29)24(22)30)25-15-19(27(2)3)14-18-9-11-20(28)12-10-18/h4-12,16,19,25-26,28H,13-15H2,1-3H3/t16-,19?/m1/s1. The Morgan fingerprint density at radius 2 is 1.47 bits per heavy atom. The lowest BCUT2D eigenvalue weighted by molar-refractivity contribution is 0.303. The molecule has 0 amide bonds. The van der Waals surface area contributed by atoms with Gasteiger partial charge in [-0.05, 0) is 57.1 Å². The molecule has 0 saturated heterocycles. The van der Waals surface area contributed by atoms with E-state index in [-0.39, 0.29) is 17.8 Å². The normalized spacial score (nSPS) is 13.3. The average molecular weight is 408 g/mol. The molecule has 158 valence electrons. The van der Waals surface area contributed by atoms with Gasteiger partial charge in [0.1, 0.15) is 17.1 Å². The Kier molecular flexibility index (Phi) is 6.90. The first kappa shape index (κ1) is 21.6. The molecule has 3 N–H and O–H groups in total. The summed E-state index contributed by atoms with van der Waals surface area (Å²) in [5.74, 6) is 0.238. The van der Waals surface area contributed by atoms with E-state index in [1.807, 2.05) is 63.5 Å². The SMILES string of the molecule is C[C@H](Cc1ccccc1)Nc1c(NCC(Cc2ccc(O)cc2)N(C)C)c(=O)c1=O. The number of likely N-dealkylation sites (N-methyl/N-ethyl adjacent to an activating group) is 1. The summed E-state index contributed by atoms with van der Waals surface area (Å²) in [6.45, 7) is 2.53. The van der Waals surface area contributed by atoms with Crippen LogP contribution in [-0.2, 0) is 12.8 Å². The van der Waals surface area contributed by atoms with E-state index in [0.29, 0.717) is 17.9 Å². The molecule has 30 heavy (non-hydrogen) atoms. The summed E-state index contributed by atoms with van der Waals surface area (Å²) in [6.07, 6.45) is 1.52. The van der Waals surface area contributed by atoms with Crippen molar-refractivity contribution in [2.75, 3.05) is 31.3 Å². The molecular weight excluding hydrogens is 378 g/mol. The van der Waals surface area contributed by atoms with Gasteiger partial charge >= 0.3 is 0 Å². The maximum atomic E-state index is 12.1. The van der Waals surface area contributed by atoms with Crippen molar-refractivity contribution in [2.45, 2.75) is 31.8 Å². The molecule has 0 aliphatic rings. The molecule has 0 saturated carbocycles. The molecule has 3 aromatic carbocycles. The van der Waals surface area contributed by atoms with Crippen LogP contribution in [0.1, 0.15) is 18.1 Å². The van der Waals surface area contributed by atoms with Crippen molar-refractivity contribution < 1.29 is 5.11 Å². The number of nitrogens with zero attached hydrogens (tertiary/aromatic N) is 1. The second kappa shape index (κ2) is 9.59. The van der Waals surface area contributed by atoms with Gasteiger partial charge in [0.05, 0.1) is 0 Å². The second-order valence-corrected chi connectivity index (χ2v) is 8.01. The average Bonchev–Trinajstić information content (AvgIpc) is 2.73. The van der Waals surface area contributed by atoms with Gasteiger partial charge in [0.25, 0.3) is 10.9 Å². The molecule has 2 atom stereocenters. The Morgan fingerprint density at radius 1 is 0.867 bits per heavy atom. The number of aromatic hydroxyl groups is 1. The summed E-state index contributed by atoms with van der Waals surface area (Å²) in [5, 5.41) is 15.9. The molecule has 0 bridgehead atoms. The van der Waals surface area contributed by atoms with Crippen LogP contribution in [0.2, 0.25) is 0 Å². The quantitative estimate of drug-likeness (QED) is 0.448. The first-order valence-corrected chi connectivity index (χ1v) is 10.2. The fourth-order valence-corrected chi connectivity index (χ4v) is 3.52. The smallest absolute Gasteiger partial charge is 0.253 e. The van der Waals surface area contributed by atoms with Crippen LogP contribution in [0.15, 0.2) is 64.2 Å². The third-order valence-corrected chi connectivity index (χ3v) is 5.34. The minimum Gasteiger partial charge on any atom is -0.508 e. The van der Waals surface area contributed by atoms with Gasteiger partial charge in [-0.1, -0.05) is 42.5 Å². The van der Waals surface area contributed by atoms with Crippen molar-refractivity contribution in [3.8, 4) is 5.75 Å². The van der Waals surface area contributed by atoms with E-state index in [9.17, 15) is 14.7 Å². The molecule has 0 spiro atoms. The summed E-state index contributed by atoms with van der Waals surface area (Å²) in [6, 6.07) is 17.3. The number of anilines is 2. The Bertz CT molecular complexity index is 1020. The van der Waals surface area contributed by atoms with Crippen molar-refractivity contribution in [1.29, 1.82) is 0 Å². The number of nitrogens with one attached hydrogen (secondary N) is 2. The highest BCUT2D eigenvalue weighted by Gasteiger charge is 2.23. The zero-order chi connectivity index (χ0) is 21.7. The van der Waals surface area contributed by atoms with E-state index >= 15 is 0 Å². The maximum absolute atomic E-state index is 12.1. The summed E-state index contributed by atoms with van der Waals surface area (Å²) in [5.41, 5.74) is 2.09. The van der Waals surface area contributed by atoms with E-state index in [0.717, 1.165) is 18.4 Å². The molecule has 0 aromatic heterocycles. The first-order chi connectivity index (χ1) is 14.3. The van der Waals surface area contributed by atoms with Crippen molar-refractivity contribution in [2.24, 2.45) is 0 Å². The van der Waals surface area contributed by atoms with E-state index in [4.69, 9.17) is 0 Å². The summed E-state index contributed by atoms with van der Waals surface area (Å²) < 4.78 is 0. The molecule has 1 unspecified atom stereocenters. The fourth-order valence-electron chi connectivity index (χ4n) is 3.52. The minimum atomic E-state index is -0.466. The predicted molar refractivity (Wildman–Crippen MR) is 122 cm³/mol. The Labute approximate surface area is 176 Å². The number of phenols is 1. The van der Waals surface area contributed by atoms with Crippen LogP contribution in [0.25, 0.3) is 0 Å². The number of phenolic OH excluding ortho intramolecular Hbond substituents is 1. The summed E-state index contributed by atoms with van der Waals surface area (Å²) >= 11 is 0. The van der Waals surface area contributed by atoms with Crippen molar-refractivity contribution in [1.82, 2.24) is 4.90 Å². The monoisotopic (exact) mass is 407 g/mol. The fraction of sp³-hybridized carbons (Fsp3) is 0.333. The first-order valence-electron chi connectivity index (χ1n) is 10.2. The highest BCUT2D eigenvalue weighted by Crippen LogP contribution is 2.18. The molecule has 6 heteroatoms. The molecule has 0 fully saturated rings. The molecule has 3 rings (SSSR count). The minimum absolute atomic E-state index is 0.0258. The van der Waals surface area contributed by atoms with Gasteiger partial charge in [-0.15, -0.1) is 0 Å². The Hall–Kier alpha value is -3.12. The van der Waals surface area contributed by atoms with E-state index in [2.05, 4.69) is 15.5 Å². The van der Waals surface area contributed by atoms with Crippen LogP contribution in [0.4, 0.5) is 11.4 Å². The highest BCUT2D eigenvalue weighted by molar-refractivity contribution is 5.74. The zero-order valence-corrected chi connectivity index (χ0v) is 17.7. The van der Waals surface area contributed by atoms with Gasteiger partial charge in [0.15, 0.2) is 0 Å². The van der Waals surface area contributed by atoms with Crippen LogP contribution in [0, 0.1) is 0 Å². The number of rotatable bonds is 10. The van der Waals surface area contributed by atoms with Crippen molar-refractivity contribution >= 4 is 11.4 Å². The molecule has 6 nitrogen and oxygen atoms in total. The van der Waals surface area contributed by atoms with Crippen molar-refractivity contribution in [3.63, 3.8) is 0 Å². The van der Waals surface area contributed by atoms with Gasteiger partial charge in [-0.2, -0.15) is 0 Å². The Balaban J connectivity index is 1.63. The molecule has 0 aliphatic heterocycles. The van der Waals surface area contributed by atoms with Gasteiger partial charge in [0.2, 0.25) is 0 Å². The van der Waals surface area contributed by atoms with Gasteiger partial charge in [-0.3, -0.25) is 9.59 Å². The van der Waals surface area contributed by atoms with E-state index in [1.54, 1.807) is 12.1 Å². The van der Waals surface area contributed by atoms with Gasteiger partial charge < -0.3 is 20.6 Å². The van der Waals surface area contributed by atoms with Crippen LogP contribution >= 0.6 is 0 Å². The molecule has 3 aromatic rings. The molecule has 0 heterocycles. The summed E-state index contributed by atoms with van der Waals surface area (Å²) in [4.78, 5) is 26.3. The second-order valence-electron chi connectivity index (χ2n) is 8.01. The third kappa shape index (κ3) is 5.27. The molecule has 0 radical (unpaired) electrons.